The van der Waals surface area contributed by atoms with Crippen LogP contribution in [0.15, 0.2) is 60.7 Å². The topological polar surface area (TPSA) is 23.5 Å². The van der Waals surface area contributed by atoms with E-state index in [-0.39, 0.29) is 5.92 Å². The first-order valence-electron chi connectivity index (χ1n) is 7.73. The van der Waals surface area contributed by atoms with Crippen LogP contribution in [-0.2, 0) is 12.1 Å². The molecular weight excluding hydrogens is 258 g/mol. The molecule has 2 aromatic carbocycles. The molecule has 1 saturated heterocycles. The molecule has 2 atom stereocenters. The highest BCUT2D eigenvalue weighted by Gasteiger charge is 2.39. The smallest absolute Gasteiger partial charge is 0.0946 e. The predicted octanol–water partition coefficient (Wildman–Crippen LogP) is 3.42. The maximum atomic E-state index is 11.1. The third kappa shape index (κ3) is 3.02. The quantitative estimate of drug-likeness (QED) is 0.932. The third-order valence-corrected chi connectivity index (χ3v) is 4.68. The summed E-state index contributed by atoms with van der Waals surface area (Å²) in [6, 6.07) is 20.7. The van der Waals surface area contributed by atoms with Crippen molar-refractivity contribution in [3.8, 4) is 0 Å². The first-order valence-corrected chi connectivity index (χ1v) is 7.73. The van der Waals surface area contributed by atoms with Crippen LogP contribution in [0.2, 0.25) is 0 Å². The minimum absolute atomic E-state index is 0.234. The minimum atomic E-state index is -0.686. The number of nitrogens with zero attached hydrogens (tertiary/aromatic N) is 1. The van der Waals surface area contributed by atoms with Crippen molar-refractivity contribution in [3.05, 3.63) is 71.8 Å². The zero-order valence-electron chi connectivity index (χ0n) is 12.6. The number of hydrogen-bond donors (Lipinski definition) is 1. The van der Waals surface area contributed by atoms with E-state index < -0.39 is 5.60 Å². The van der Waals surface area contributed by atoms with E-state index in [1.165, 1.54) is 5.56 Å². The van der Waals surface area contributed by atoms with Gasteiger partial charge in [0.25, 0.3) is 0 Å². The van der Waals surface area contributed by atoms with Crippen molar-refractivity contribution in [1.82, 2.24) is 4.90 Å². The van der Waals surface area contributed by atoms with Crippen molar-refractivity contribution in [2.24, 2.45) is 5.92 Å². The fraction of sp³-hybridized carbons (Fsp3) is 0.368. The SMILES string of the molecule is CC1CN(Cc2ccccc2)CCC1(O)c1ccccc1. The van der Waals surface area contributed by atoms with Gasteiger partial charge in [-0.3, -0.25) is 4.90 Å². The largest absolute Gasteiger partial charge is 0.385 e. The van der Waals surface area contributed by atoms with Crippen LogP contribution in [0.25, 0.3) is 0 Å². The maximum absolute atomic E-state index is 11.1. The van der Waals surface area contributed by atoms with Crippen LogP contribution in [0.5, 0.6) is 0 Å². The fourth-order valence-electron chi connectivity index (χ4n) is 3.35. The van der Waals surface area contributed by atoms with Crippen LogP contribution >= 0.6 is 0 Å². The minimum Gasteiger partial charge on any atom is -0.385 e. The second-order valence-electron chi connectivity index (χ2n) is 6.16. The fourth-order valence-corrected chi connectivity index (χ4v) is 3.35. The van der Waals surface area contributed by atoms with E-state index in [1.807, 2.05) is 30.3 Å². The first kappa shape index (κ1) is 14.3. The van der Waals surface area contributed by atoms with Crippen molar-refractivity contribution < 1.29 is 5.11 Å². The van der Waals surface area contributed by atoms with Gasteiger partial charge in [0.15, 0.2) is 0 Å². The van der Waals surface area contributed by atoms with E-state index in [4.69, 9.17) is 0 Å². The van der Waals surface area contributed by atoms with Crippen LogP contribution in [0.3, 0.4) is 0 Å². The average molecular weight is 281 g/mol. The maximum Gasteiger partial charge on any atom is 0.0946 e. The Kier molecular flexibility index (Phi) is 4.09. The first-order chi connectivity index (χ1) is 10.2. The van der Waals surface area contributed by atoms with Crippen LogP contribution < -0.4 is 0 Å². The molecule has 2 unspecified atom stereocenters. The van der Waals surface area contributed by atoms with E-state index in [9.17, 15) is 5.11 Å². The molecule has 0 aliphatic carbocycles. The zero-order valence-corrected chi connectivity index (χ0v) is 12.6. The van der Waals surface area contributed by atoms with Crippen LogP contribution in [0.1, 0.15) is 24.5 Å². The van der Waals surface area contributed by atoms with Gasteiger partial charge < -0.3 is 5.11 Å². The number of hydrogen-bond acceptors (Lipinski definition) is 2. The van der Waals surface area contributed by atoms with E-state index >= 15 is 0 Å². The molecule has 1 N–H and O–H groups in total. The van der Waals surface area contributed by atoms with Gasteiger partial charge in [-0.15, -0.1) is 0 Å². The molecule has 1 aliphatic heterocycles. The van der Waals surface area contributed by atoms with Gasteiger partial charge in [-0.2, -0.15) is 0 Å². The van der Waals surface area contributed by atoms with E-state index in [0.717, 1.165) is 31.6 Å². The highest BCUT2D eigenvalue weighted by Crippen LogP contribution is 2.37. The lowest BCUT2D eigenvalue weighted by Crippen LogP contribution is -2.48. The Labute approximate surface area is 127 Å². The second kappa shape index (κ2) is 6.00. The highest BCUT2D eigenvalue weighted by molar-refractivity contribution is 5.24. The van der Waals surface area contributed by atoms with Crippen LogP contribution in [-0.4, -0.2) is 23.1 Å². The molecule has 0 aromatic heterocycles. The molecule has 1 heterocycles. The Morgan fingerprint density at radius 1 is 1.05 bits per heavy atom. The van der Waals surface area contributed by atoms with Gasteiger partial charge >= 0.3 is 0 Å². The van der Waals surface area contributed by atoms with Crippen molar-refractivity contribution >= 4 is 0 Å². The van der Waals surface area contributed by atoms with Crippen LogP contribution in [0, 0.1) is 5.92 Å². The summed E-state index contributed by atoms with van der Waals surface area (Å²) in [5.74, 6) is 0.234. The summed E-state index contributed by atoms with van der Waals surface area (Å²) in [7, 11) is 0. The number of rotatable bonds is 3. The second-order valence-corrected chi connectivity index (χ2v) is 6.16. The molecule has 0 radical (unpaired) electrons. The summed E-state index contributed by atoms with van der Waals surface area (Å²) in [6.07, 6.45) is 0.797. The summed E-state index contributed by atoms with van der Waals surface area (Å²) < 4.78 is 0. The molecule has 0 saturated carbocycles. The molecule has 2 nitrogen and oxygen atoms in total. The Morgan fingerprint density at radius 3 is 2.29 bits per heavy atom. The van der Waals surface area contributed by atoms with Crippen molar-refractivity contribution in [3.63, 3.8) is 0 Å². The molecule has 0 amide bonds. The molecule has 1 fully saturated rings. The lowest BCUT2D eigenvalue weighted by Gasteiger charge is -2.43. The molecular formula is C19H23NO. The van der Waals surface area contributed by atoms with Gasteiger partial charge in [0.1, 0.15) is 0 Å². The van der Waals surface area contributed by atoms with E-state index in [0.29, 0.717) is 0 Å². The summed E-state index contributed by atoms with van der Waals surface area (Å²) in [5.41, 5.74) is 1.71. The number of aliphatic hydroxyl groups is 1. The average Bonchev–Trinajstić information content (AvgIpc) is 2.53. The van der Waals surface area contributed by atoms with E-state index in [1.54, 1.807) is 0 Å². The lowest BCUT2D eigenvalue weighted by molar-refractivity contribution is -0.0728. The van der Waals surface area contributed by atoms with Gasteiger partial charge in [0.05, 0.1) is 5.60 Å². The molecule has 2 heteroatoms. The molecule has 0 spiro atoms. The zero-order chi connectivity index (χ0) is 14.7. The summed E-state index contributed by atoms with van der Waals surface area (Å²) >= 11 is 0. The number of benzene rings is 2. The summed E-state index contributed by atoms with van der Waals surface area (Å²) in [4.78, 5) is 2.44. The number of likely N-dealkylation sites (tertiary alicyclic amines) is 1. The molecule has 3 rings (SSSR count). The van der Waals surface area contributed by atoms with Gasteiger partial charge in [-0.25, -0.2) is 0 Å². The Morgan fingerprint density at radius 2 is 1.67 bits per heavy atom. The predicted molar refractivity (Wildman–Crippen MR) is 85.8 cm³/mol. The third-order valence-electron chi connectivity index (χ3n) is 4.68. The van der Waals surface area contributed by atoms with Crippen LogP contribution in [0.4, 0.5) is 0 Å². The Hall–Kier alpha value is -1.64. The van der Waals surface area contributed by atoms with Gasteiger partial charge in [0, 0.05) is 25.6 Å². The number of piperidine rings is 1. The summed E-state index contributed by atoms with van der Waals surface area (Å²) in [6.45, 7) is 4.99. The van der Waals surface area contributed by atoms with Crippen molar-refractivity contribution in [1.29, 1.82) is 0 Å². The Bertz CT molecular complexity index is 569. The van der Waals surface area contributed by atoms with Crippen molar-refractivity contribution in [2.75, 3.05) is 13.1 Å². The van der Waals surface area contributed by atoms with Gasteiger partial charge in [-0.05, 0) is 17.5 Å². The van der Waals surface area contributed by atoms with Gasteiger partial charge in [-0.1, -0.05) is 67.6 Å². The lowest BCUT2D eigenvalue weighted by atomic mass is 9.77. The molecule has 1 aliphatic rings. The highest BCUT2D eigenvalue weighted by atomic mass is 16.3. The van der Waals surface area contributed by atoms with Crippen molar-refractivity contribution in [2.45, 2.75) is 25.5 Å². The molecule has 0 bridgehead atoms. The molecule has 110 valence electrons. The standard InChI is InChI=1S/C19H23NO/c1-16-14-20(15-17-8-4-2-5-9-17)13-12-19(16,21)18-10-6-3-7-11-18/h2-11,16,21H,12-15H2,1H3. The molecule has 2 aromatic rings. The normalized spacial score (nSPS) is 26.7. The molecule has 21 heavy (non-hydrogen) atoms. The van der Waals surface area contributed by atoms with Gasteiger partial charge in [0.2, 0.25) is 0 Å². The van der Waals surface area contributed by atoms with E-state index in [2.05, 4.69) is 42.2 Å². The Balaban J connectivity index is 1.70. The summed E-state index contributed by atoms with van der Waals surface area (Å²) in [5, 5.41) is 11.1. The monoisotopic (exact) mass is 281 g/mol.